The monoisotopic (exact) mass is 298 g/mol. The van der Waals surface area contributed by atoms with Crippen LogP contribution in [0.2, 0.25) is 0 Å². The van der Waals surface area contributed by atoms with Gasteiger partial charge in [0.1, 0.15) is 5.82 Å². The first-order valence-electron chi connectivity index (χ1n) is 7.94. The van der Waals surface area contributed by atoms with Gasteiger partial charge in [0.05, 0.1) is 0 Å². The second-order valence-corrected chi connectivity index (χ2v) is 5.77. The zero-order valence-corrected chi connectivity index (χ0v) is 12.9. The third-order valence-corrected chi connectivity index (χ3v) is 4.17. The van der Waals surface area contributed by atoms with E-state index >= 15 is 0 Å². The van der Waals surface area contributed by atoms with Gasteiger partial charge in [-0.25, -0.2) is 9.97 Å². The maximum Gasteiger partial charge on any atom is 0.161 e. The van der Waals surface area contributed by atoms with Crippen LogP contribution in [-0.2, 0) is 6.42 Å². The Bertz CT molecular complexity index is 617. The van der Waals surface area contributed by atoms with Crippen molar-refractivity contribution in [1.82, 2.24) is 15.0 Å². The third-order valence-electron chi connectivity index (χ3n) is 4.17. The molecule has 3 heterocycles. The number of rotatable bonds is 4. The van der Waals surface area contributed by atoms with Gasteiger partial charge in [0.25, 0.3) is 0 Å². The molecule has 1 atom stereocenters. The number of piperidine rings is 1. The number of aromatic nitrogens is 3. The van der Waals surface area contributed by atoms with E-state index in [1.807, 2.05) is 12.1 Å². The van der Waals surface area contributed by atoms with Crippen molar-refractivity contribution in [3.05, 3.63) is 36.3 Å². The van der Waals surface area contributed by atoms with Gasteiger partial charge in [-0.1, -0.05) is 6.92 Å². The van der Waals surface area contributed by atoms with Gasteiger partial charge in [0.15, 0.2) is 5.82 Å². The van der Waals surface area contributed by atoms with Crippen LogP contribution >= 0.6 is 0 Å². The summed E-state index contributed by atoms with van der Waals surface area (Å²) in [4.78, 5) is 15.7. The van der Waals surface area contributed by atoms with E-state index < -0.39 is 0 Å². The third kappa shape index (κ3) is 3.25. The number of aliphatic hydroxyl groups is 1. The van der Waals surface area contributed by atoms with Gasteiger partial charge in [0, 0.05) is 49.4 Å². The normalized spacial score (nSPS) is 18.5. The van der Waals surface area contributed by atoms with E-state index in [0.717, 1.165) is 55.3 Å². The average molecular weight is 298 g/mol. The highest BCUT2D eigenvalue weighted by Crippen LogP contribution is 2.24. The molecule has 0 aromatic carbocycles. The highest BCUT2D eigenvalue weighted by atomic mass is 16.3. The molecule has 1 N–H and O–H groups in total. The fourth-order valence-electron chi connectivity index (χ4n) is 2.88. The molecular weight excluding hydrogens is 276 g/mol. The van der Waals surface area contributed by atoms with E-state index in [1.165, 1.54) is 0 Å². The highest BCUT2D eigenvalue weighted by Gasteiger charge is 2.21. The number of hydrogen-bond acceptors (Lipinski definition) is 5. The first kappa shape index (κ1) is 14.9. The van der Waals surface area contributed by atoms with Crippen molar-refractivity contribution in [2.45, 2.75) is 26.2 Å². The molecule has 1 aliphatic rings. The van der Waals surface area contributed by atoms with E-state index in [-0.39, 0.29) is 6.61 Å². The summed E-state index contributed by atoms with van der Waals surface area (Å²) in [5, 5.41) is 9.42. The summed E-state index contributed by atoms with van der Waals surface area (Å²) < 4.78 is 0. The van der Waals surface area contributed by atoms with Crippen molar-refractivity contribution in [1.29, 1.82) is 0 Å². The minimum absolute atomic E-state index is 0.249. The Morgan fingerprint density at radius 3 is 2.82 bits per heavy atom. The van der Waals surface area contributed by atoms with Crippen LogP contribution in [0.1, 0.15) is 25.5 Å². The molecular formula is C17H22N4O. The summed E-state index contributed by atoms with van der Waals surface area (Å²) in [7, 11) is 0. The van der Waals surface area contributed by atoms with Gasteiger partial charge >= 0.3 is 0 Å². The topological polar surface area (TPSA) is 62.1 Å². The summed E-state index contributed by atoms with van der Waals surface area (Å²) >= 11 is 0. The smallest absolute Gasteiger partial charge is 0.161 e. The van der Waals surface area contributed by atoms with Crippen molar-refractivity contribution < 1.29 is 5.11 Å². The van der Waals surface area contributed by atoms with Crippen LogP contribution in [0.4, 0.5) is 5.82 Å². The Labute approximate surface area is 131 Å². The SMILES string of the molecule is CCc1cc(N2CCCC(CO)C2)nc(-c2ccncc2)n1. The fraction of sp³-hybridized carbons (Fsp3) is 0.471. The van der Waals surface area contributed by atoms with Crippen LogP contribution < -0.4 is 4.90 Å². The average Bonchev–Trinajstić information content (AvgIpc) is 2.62. The van der Waals surface area contributed by atoms with Crippen molar-refractivity contribution in [2.24, 2.45) is 5.92 Å². The largest absolute Gasteiger partial charge is 0.396 e. The Kier molecular flexibility index (Phi) is 4.63. The molecule has 116 valence electrons. The van der Waals surface area contributed by atoms with Crippen LogP contribution in [-0.4, -0.2) is 39.8 Å². The molecule has 0 radical (unpaired) electrons. The first-order valence-corrected chi connectivity index (χ1v) is 7.94. The Morgan fingerprint density at radius 1 is 1.27 bits per heavy atom. The predicted molar refractivity (Wildman–Crippen MR) is 86.7 cm³/mol. The van der Waals surface area contributed by atoms with Crippen molar-refractivity contribution in [3.63, 3.8) is 0 Å². The second kappa shape index (κ2) is 6.83. The molecule has 5 heteroatoms. The maximum absolute atomic E-state index is 9.42. The highest BCUT2D eigenvalue weighted by molar-refractivity contribution is 5.57. The number of aryl methyl sites for hydroxylation is 1. The van der Waals surface area contributed by atoms with Crippen LogP contribution in [0.25, 0.3) is 11.4 Å². The molecule has 22 heavy (non-hydrogen) atoms. The Morgan fingerprint density at radius 2 is 2.09 bits per heavy atom. The number of nitrogens with zero attached hydrogens (tertiary/aromatic N) is 4. The van der Waals surface area contributed by atoms with E-state index in [4.69, 9.17) is 4.98 Å². The van der Waals surface area contributed by atoms with Gasteiger partial charge in [-0.3, -0.25) is 4.98 Å². The number of pyridine rings is 1. The van der Waals surface area contributed by atoms with E-state index in [2.05, 4.69) is 27.9 Å². The molecule has 2 aromatic heterocycles. The molecule has 0 spiro atoms. The van der Waals surface area contributed by atoms with E-state index in [9.17, 15) is 5.11 Å². The summed E-state index contributed by atoms with van der Waals surface area (Å²) in [5.41, 5.74) is 2.03. The molecule has 5 nitrogen and oxygen atoms in total. The summed E-state index contributed by atoms with van der Waals surface area (Å²) in [6.07, 6.45) is 6.60. The molecule has 0 saturated carbocycles. The molecule has 0 aliphatic carbocycles. The minimum atomic E-state index is 0.249. The minimum Gasteiger partial charge on any atom is -0.396 e. The zero-order chi connectivity index (χ0) is 15.4. The molecule has 1 saturated heterocycles. The van der Waals surface area contributed by atoms with E-state index in [0.29, 0.717) is 5.92 Å². The summed E-state index contributed by atoms with van der Waals surface area (Å²) in [6, 6.07) is 5.95. The lowest BCUT2D eigenvalue weighted by Crippen LogP contribution is -2.37. The van der Waals surface area contributed by atoms with Gasteiger partial charge < -0.3 is 10.0 Å². The Balaban J connectivity index is 1.94. The van der Waals surface area contributed by atoms with Crippen LogP contribution in [0.15, 0.2) is 30.6 Å². The van der Waals surface area contributed by atoms with Crippen molar-refractivity contribution in [2.75, 3.05) is 24.6 Å². The molecule has 0 amide bonds. The summed E-state index contributed by atoms with van der Waals surface area (Å²) in [5.74, 6) is 2.07. The molecule has 2 aromatic rings. The van der Waals surface area contributed by atoms with Gasteiger partial charge in [-0.15, -0.1) is 0 Å². The number of hydrogen-bond donors (Lipinski definition) is 1. The quantitative estimate of drug-likeness (QED) is 0.938. The maximum atomic E-state index is 9.42. The van der Waals surface area contributed by atoms with Crippen LogP contribution in [0.5, 0.6) is 0 Å². The van der Waals surface area contributed by atoms with E-state index in [1.54, 1.807) is 12.4 Å². The molecule has 1 unspecified atom stereocenters. The van der Waals surface area contributed by atoms with Crippen LogP contribution in [0, 0.1) is 5.92 Å². The zero-order valence-electron chi connectivity index (χ0n) is 12.9. The molecule has 1 aliphatic heterocycles. The Hall–Kier alpha value is -2.01. The van der Waals surface area contributed by atoms with Gasteiger partial charge in [0.2, 0.25) is 0 Å². The van der Waals surface area contributed by atoms with Crippen LogP contribution in [0.3, 0.4) is 0 Å². The number of anilines is 1. The lowest BCUT2D eigenvalue weighted by atomic mass is 9.99. The standard InChI is InChI=1S/C17H22N4O/c1-2-15-10-16(21-9-3-4-13(11-21)12-22)20-17(19-15)14-5-7-18-8-6-14/h5-8,10,13,22H,2-4,9,11-12H2,1H3. The van der Waals surface area contributed by atoms with Crippen molar-refractivity contribution in [3.8, 4) is 11.4 Å². The number of aliphatic hydroxyl groups excluding tert-OH is 1. The lowest BCUT2D eigenvalue weighted by molar-refractivity contribution is 0.208. The molecule has 1 fully saturated rings. The first-order chi connectivity index (χ1) is 10.8. The molecule has 3 rings (SSSR count). The lowest BCUT2D eigenvalue weighted by Gasteiger charge is -2.33. The predicted octanol–water partition coefficient (Wildman–Crippen LogP) is 2.31. The second-order valence-electron chi connectivity index (χ2n) is 5.77. The fourth-order valence-corrected chi connectivity index (χ4v) is 2.88. The van der Waals surface area contributed by atoms with Gasteiger partial charge in [-0.05, 0) is 37.3 Å². The summed E-state index contributed by atoms with van der Waals surface area (Å²) in [6.45, 7) is 4.22. The van der Waals surface area contributed by atoms with Gasteiger partial charge in [-0.2, -0.15) is 0 Å². The van der Waals surface area contributed by atoms with Crippen molar-refractivity contribution >= 4 is 5.82 Å². The molecule has 0 bridgehead atoms.